The third kappa shape index (κ3) is 42.8. The first-order chi connectivity index (χ1) is 11.5. The molecule has 0 saturated heterocycles. The fourth-order valence-electron chi connectivity index (χ4n) is 1.25. The molecule has 24 heavy (non-hydrogen) atoms. The van der Waals surface area contributed by atoms with E-state index in [2.05, 4.69) is 23.3 Å². The molecular formula is C17H36O7. The summed E-state index contributed by atoms with van der Waals surface area (Å²) in [6, 6.07) is 0. The number of aliphatic hydroxyl groups is 1. The molecule has 7 nitrogen and oxygen atoms in total. The molecule has 0 spiro atoms. The summed E-state index contributed by atoms with van der Waals surface area (Å²) >= 11 is 0. The summed E-state index contributed by atoms with van der Waals surface area (Å²) in [5, 5.41) is 16.1. The molecule has 0 aliphatic carbocycles. The molecule has 0 saturated carbocycles. The largest absolute Gasteiger partial charge is 0.480 e. The maximum Gasteiger partial charge on any atom is 0.329 e. The van der Waals surface area contributed by atoms with E-state index < -0.39 is 5.97 Å². The summed E-state index contributed by atoms with van der Waals surface area (Å²) in [5.41, 5.74) is 0. The number of rotatable bonds is 12. The van der Waals surface area contributed by atoms with Crippen LogP contribution in [-0.4, -0.2) is 62.3 Å². The van der Waals surface area contributed by atoms with Gasteiger partial charge in [-0.25, -0.2) is 4.79 Å². The van der Waals surface area contributed by atoms with Crippen molar-refractivity contribution in [3.05, 3.63) is 0 Å². The lowest BCUT2D eigenvalue weighted by Crippen LogP contribution is -2.07. The fourth-order valence-corrected chi connectivity index (χ4v) is 1.25. The number of carboxylic acid groups (broad SMARTS) is 1. The molecule has 0 rings (SSSR count). The van der Waals surface area contributed by atoms with Gasteiger partial charge in [-0.05, 0) is 12.8 Å². The maximum atomic E-state index is 10.3. The van der Waals surface area contributed by atoms with E-state index in [9.17, 15) is 9.59 Å². The molecule has 0 fully saturated rings. The minimum absolute atomic E-state index is 0.208. The predicted octanol–water partition coefficient (Wildman–Crippen LogP) is 2.64. The Kier molecular flexibility index (Phi) is 30.8. The molecule has 0 aromatic heterocycles. The second-order valence-corrected chi connectivity index (χ2v) is 4.92. The Balaban J connectivity index is -0.000000294. The van der Waals surface area contributed by atoms with Crippen LogP contribution in [0.15, 0.2) is 0 Å². The van der Waals surface area contributed by atoms with Crippen LogP contribution in [0.3, 0.4) is 0 Å². The van der Waals surface area contributed by atoms with Crippen LogP contribution in [0.2, 0.25) is 0 Å². The number of carbonyl (C=O) groups is 2. The molecule has 7 heteroatoms. The van der Waals surface area contributed by atoms with E-state index in [4.69, 9.17) is 14.9 Å². The average Bonchev–Trinajstić information content (AvgIpc) is 2.52. The van der Waals surface area contributed by atoms with Crippen LogP contribution < -0.4 is 0 Å². The van der Waals surface area contributed by atoms with Crippen molar-refractivity contribution < 1.29 is 34.0 Å². The summed E-state index contributed by atoms with van der Waals surface area (Å²) in [5.74, 6) is -1.18. The highest BCUT2D eigenvalue weighted by Crippen LogP contribution is 1.96. The predicted molar refractivity (Wildman–Crippen MR) is 93.1 cm³/mol. The highest BCUT2D eigenvalue weighted by molar-refractivity contribution is 5.67. The van der Waals surface area contributed by atoms with Crippen molar-refractivity contribution in [2.24, 2.45) is 0 Å². The van der Waals surface area contributed by atoms with Crippen molar-refractivity contribution in [1.82, 2.24) is 0 Å². The van der Waals surface area contributed by atoms with Gasteiger partial charge < -0.3 is 24.4 Å². The fraction of sp³-hybridized carbons (Fsp3) is 0.882. The normalized spacial score (nSPS) is 9.21. The van der Waals surface area contributed by atoms with Crippen LogP contribution in [0.1, 0.15) is 59.3 Å². The first-order valence-corrected chi connectivity index (χ1v) is 8.48. The van der Waals surface area contributed by atoms with Gasteiger partial charge in [0.25, 0.3) is 0 Å². The van der Waals surface area contributed by atoms with E-state index in [-0.39, 0.29) is 12.6 Å². The topological polar surface area (TPSA) is 102 Å². The molecule has 2 N–H and O–H groups in total. The second-order valence-electron chi connectivity index (χ2n) is 4.92. The Hall–Kier alpha value is -1.18. The van der Waals surface area contributed by atoms with E-state index in [1.807, 2.05) is 0 Å². The summed E-state index contributed by atoms with van der Waals surface area (Å²) < 4.78 is 14.0. The van der Waals surface area contributed by atoms with Gasteiger partial charge >= 0.3 is 11.9 Å². The third-order valence-electron chi connectivity index (χ3n) is 2.45. The molecule has 0 amide bonds. The number of methoxy groups -OCH3 is 1. The number of carboxylic acids is 1. The van der Waals surface area contributed by atoms with Gasteiger partial charge in [0.1, 0.15) is 13.2 Å². The van der Waals surface area contributed by atoms with Crippen LogP contribution in [0, 0.1) is 0 Å². The monoisotopic (exact) mass is 352 g/mol. The summed E-state index contributed by atoms with van der Waals surface area (Å²) in [6.07, 6.45) is 6.88. The number of aliphatic hydroxyl groups excluding tert-OH is 1. The molecule has 0 aromatic rings. The van der Waals surface area contributed by atoms with Crippen molar-refractivity contribution in [2.45, 2.75) is 59.3 Å². The van der Waals surface area contributed by atoms with Crippen molar-refractivity contribution in [3.8, 4) is 0 Å². The minimum Gasteiger partial charge on any atom is -0.480 e. The van der Waals surface area contributed by atoms with E-state index in [0.29, 0.717) is 19.8 Å². The summed E-state index contributed by atoms with van der Waals surface area (Å²) in [4.78, 5) is 19.7. The number of unbranched alkanes of at least 4 members (excludes halogenated alkanes) is 4. The summed E-state index contributed by atoms with van der Waals surface area (Å²) in [7, 11) is 1.34. The number of carbonyl (C=O) groups excluding carboxylic acids is 1. The lowest BCUT2D eigenvalue weighted by atomic mass is 10.2. The number of ether oxygens (including phenoxy) is 3. The maximum absolute atomic E-state index is 10.3. The molecular weight excluding hydrogens is 316 g/mol. The van der Waals surface area contributed by atoms with Gasteiger partial charge in [0, 0.05) is 27.2 Å². The first-order valence-electron chi connectivity index (χ1n) is 8.48. The van der Waals surface area contributed by atoms with E-state index in [1.54, 1.807) is 0 Å². The van der Waals surface area contributed by atoms with Gasteiger partial charge in [0.2, 0.25) is 0 Å². The van der Waals surface area contributed by atoms with Gasteiger partial charge in [-0.1, -0.05) is 39.5 Å². The number of esters is 1. The molecule has 0 aliphatic heterocycles. The zero-order valence-corrected chi connectivity index (χ0v) is 15.7. The molecule has 0 atom stereocenters. The lowest BCUT2D eigenvalue weighted by Gasteiger charge is -2.02. The number of hydrogen-bond donors (Lipinski definition) is 2. The molecule has 0 radical (unpaired) electrons. The van der Waals surface area contributed by atoms with Crippen LogP contribution in [0.5, 0.6) is 0 Å². The van der Waals surface area contributed by atoms with Gasteiger partial charge in [-0.15, -0.1) is 0 Å². The zero-order valence-electron chi connectivity index (χ0n) is 15.7. The molecule has 146 valence electrons. The van der Waals surface area contributed by atoms with Gasteiger partial charge in [0.15, 0.2) is 0 Å². The lowest BCUT2D eigenvalue weighted by molar-refractivity contribution is -0.142. The number of aliphatic carboxylic acids is 1. The third-order valence-corrected chi connectivity index (χ3v) is 2.45. The van der Waals surface area contributed by atoms with Crippen molar-refractivity contribution in [1.29, 1.82) is 0 Å². The van der Waals surface area contributed by atoms with Gasteiger partial charge in [-0.3, -0.25) is 4.79 Å². The molecule has 0 bridgehead atoms. The highest BCUT2D eigenvalue weighted by Gasteiger charge is 1.91. The van der Waals surface area contributed by atoms with Crippen molar-refractivity contribution >= 4 is 11.9 Å². The van der Waals surface area contributed by atoms with Crippen LogP contribution in [0.4, 0.5) is 0 Å². The molecule has 0 aromatic carbocycles. The zero-order chi connectivity index (χ0) is 19.1. The Bertz CT molecular complexity index is 253. The van der Waals surface area contributed by atoms with E-state index >= 15 is 0 Å². The highest BCUT2D eigenvalue weighted by atomic mass is 16.6. The van der Waals surface area contributed by atoms with E-state index in [0.717, 1.165) is 25.9 Å². The Labute approximate surface area is 146 Å². The van der Waals surface area contributed by atoms with Crippen molar-refractivity contribution in [2.75, 3.05) is 40.1 Å². The van der Waals surface area contributed by atoms with Gasteiger partial charge in [-0.2, -0.15) is 0 Å². The van der Waals surface area contributed by atoms with Crippen LogP contribution in [0.25, 0.3) is 0 Å². The smallest absolute Gasteiger partial charge is 0.329 e. The van der Waals surface area contributed by atoms with E-state index in [1.165, 1.54) is 33.3 Å². The average molecular weight is 352 g/mol. The van der Waals surface area contributed by atoms with Gasteiger partial charge in [0.05, 0.1) is 6.61 Å². The quantitative estimate of drug-likeness (QED) is 0.411. The first kappa shape index (κ1) is 27.7. The molecule has 0 aliphatic rings. The van der Waals surface area contributed by atoms with Crippen LogP contribution in [-0.2, 0) is 23.8 Å². The van der Waals surface area contributed by atoms with Crippen LogP contribution >= 0.6 is 0 Å². The summed E-state index contributed by atoms with van der Waals surface area (Å²) in [6.45, 7) is 7.47. The number of hydrogen-bond acceptors (Lipinski definition) is 6. The second kappa shape index (κ2) is 26.7. The Morgan fingerprint density at radius 3 is 1.92 bits per heavy atom. The minimum atomic E-state index is -0.933. The molecule has 0 heterocycles. The van der Waals surface area contributed by atoms with Crippen molar-refractivity contribution in [3.63, 3.8) is 0 Å². The Morgan fingerprint density at radius 2 is 1.54 bits per heavy atom. The molecule has 0 unspecified atom stereocenters. The SMILES string of the molecule is CCCCCCO.CCCCOCCOC(C)=O.COCC(=O)O. The Morgan fingerprint density at radius 1 is 0.917 bits per heavy atom. The standard InChI is InChI=1S/C8H16O3.C6H14O.C3H6O3/c1-3-4-5-10-6-7-11-8(2)9;1-2-3-4-5-6-7;1-6-2-3(4)5/h3-7H2,1-2H3;7H,2-6H2,1H3;2H2,1H3,(H,4,5).